The molecule has 1 fully saturated rings. The molecule has 0 atom stereocenters. The van der Waals surface area contributed by atoms with Crippen LogP contribution in [0.15, 0.2) is 65.5 Å². The van der Waals surface area contributed by atoms with Crippen LogP contribution in [-0.2, 0) is 0 Å². The van der Waals surface area contributed by atoms with E-state index in [4.69, 9.17) is 0 Å². The number of aryl methyl sites for hydroxylation is 1. The molecule has 0 aliphatic carbocycles. The van der Waals surface area contributed by atoms with Crippen molar-refractivity contribution in [2.45, 2.75) is 19.8 Å². The van der Waals surface area contributed by atoms with Gasteiger partial charge in [0.05, 0.1) is 22.5 Å². The molecule has 1 aliphatic rings. The number of para-hydroxylation sites is 1. The summed E-state index contributed by atoms with van der Waals surface area (Å²) in [5.74, 6) is -0.103. The molecular weight excluding hydrogens is 338 g/mol. The molecule has 5 heteroatoms. The minimum atomic E-state index is -0.277. The highest BCUT2D eigenvalue weighted by atomic mass is 16.2. The summed E-state index contributed by atoms with van der Waals surface area (Å²) >= 11 is 0. The largest absolute Gasteiger partial charge is 0.339 e. The van der Waals surface area contributed by atoms with Crippen LogP contribution in [0, 0.1) is 6.92 Å². The van der Waals surface area contributed by atoms with Crippen LogP contribution in [0.5, 0.6) is 0 Å². The maximum Gasteiger partial charge on any atom is 0.280 e. The van der Waals surface area contributed by atoms with E-state index in [0.29, 0.717) is 22.5 Å². The lowest BCUT2D eigenvalue weighted by Gasteiger charge is -2.20. The Balaban J connectivity index is 1.97. The van der Waals surface area contributed by atoms with Crippen molar-refractivity contribution in [2.75, 3.05) is 13.1 Å². The lowest BCUT2D eigenvalue weighted by atomic mass is 9.99. The average molecular weight is 359 g/mol. The second-order valence-electron chi connectivity index (χ2n) is 6.75. The molecule has 2 aromatic carbocycles. The van der Waals surface area contributed by atoms with Gasteiger partial charge in [-0.3, -0.25) is 9.59 Å². The molecule has 0 radical (unpaired) electrons. The molecule has 1 aliphatic heterocycles. The fraction of sp³-hybridized carbons (Fsp3) is 0.227. The van der Waals surface area contributed by atoms with Crippen LogP contribution in [-0.4, -0.2) is 33.7 Å². The van der Waals surface area contributed by atoms with Crippen LogP contribution >= 0.6 is 0 Å². The maximum absolute atomic E-state index is 13.4. The summed E-state index contributed by atoms with van der Waals surface area (Å²) in [6, 6.07) is 18.7. The normalized spacial score (nSPS) is 13.7. The summed E-state index contributed by atoms with van der Waals surface area (Å²) in [6.45, 7) is 3.26. The number of likely N-dealkylation sites (tertiary alicyclic amines) is 1. The molecule has 27 heavy (non-hydrogen) atoms. The first-order valence-electron chi connectivity index (χ1n) is 9.21. The molecule has 0 saturated carbocycles. The maximum atomic E-state index is 13.4. The zero-order valence-corrected chi connectivity index (χ0v) is 15.3. The molecular formula is C22H21N3O2. The molecule has 1 aromatic heterocycles. The van der Waals surface area contributed by atoms with Crippen LogP contribution in [0.4, 0.5) is 0 Å². The van der Waals surface area contributed by atoms with E-state index >= 15 is 0 Å². The molecule has 2 heterocycles. The third kappa shape index (κ3) is 3.16. The predicted molar refractivity (Wildman–Crippen MR) is 105 cm³/mol. The van der Waals surface area contributed by atoms with Crippen LogP contribution < -0.4 is 5.56 Å². The first kappa shape index (κ1) is 17.2. The fourth-order valence-corrected chi connectivity index (χ4v) is 3.60. The quantitative estimate of drug-likeness (QED) is 0.720. The Morgan fingerprint density at radius 2 is 1.52 bits per heavy atom. The van der Waals surface area contributed by atoms with Crippen molar-refractivity contribution in [1.29, 1.82) is 0 Å². The third-order valence-corrected chi connectivity index (χ3v) is 4.94. The second kappa shape index (κ2) is 7.19. The van der Waals surface area contributed by atoms with Crippen molar-refractivity contribution < 1.29 is 4.79 Å². The molecule has 0 unspecified atom stereocenters. The molecule has 0 N–H and O–H groups in total. The van der Waals surface area contributed by atoms with E-state index in [2.05, 4.69) is 5.10 Å². The fourth-order valence-electron chi connectivity index (χ4n) is 3.60. The van der Waals surface area contributed by atoms with Crippen LogP contribution in [0.25, 0.3) is 16.8 Å². The summed E-state index contributed by atoms with van der Waals surface area (Å²) < 4.78 is 1.39. The smallest absolute Gasteiger partial charge is 0.280 e. The number of carbonyl (C=O) groups excluding carboxylic acids is 1. The molecule has 136 valence electrons. The average Bonchev–Trinajstić information content (AvgIpc) is 3.25. The van der Waals surface area contributed by atoms with Gasteiger partial charge in [0.1, 0.15) is 0 Å². The van der Waals surface area contributed by atoms with Crippen molar-refractivity contribution in [3.63, 3.8) is 0 Å². The van der Waals surface area contributed by atoms with Gasteiger partial charge in [-0.1, -0.05) is 48.5 Å². The molecule has 5 nitrogen and oxygen atoms in total. The van der Waals surface area contributed by atoms with Crippen LogP contribution in [0.2, 0.25) is 0 Å². The molecule has 0 bridgehead atoms. The van der Waals surface area contributed by atoms with E-state index < -0.39 is 0 Å². The zero-order chi connectivity index (χ0) is 18.8. The van der Waals surface area contributed by atoms with Gasteiger partial charge >= 0.3 is 0 Å². The van der Waals surface area contributed by atoms with Gasteiger partial charge in [-0.25, -0.2) is 0 Å². The van der Waals surface area contributed by atoms with Gasteiger partial charge in [0.25, 0.3) is 11.5 Å². The van der Waals surface area contributed by atoms with Gasteiger partial charge < -0.3 is 4.90 Å². The van der Waals surface area contributed by atoms with Crippen LogP contribution in [0.1, 0.15) is 28.9 Å². The number of aromatic nitrogens is 2. The highest BCUT2D eigenvalue weighted by Gasteiger charge is 2.27. The van der Waals surface area contributed by atoms with E-state index in [0.717, 1.165) is 31.5 Å². The molecule has 3 aromatic rings. The Kier molecular flexibility index (Phi) is 4.59. The zero-order valence-electron chi connectivity index (χ0n) is 15.3. The summed E-state index contributed by atoms with van der Waals surface area (Å²) in [4.78, 5) is 28.4. The number of hydrogen-bond acceptors (Lipinski definition) is 3. The Morgan fingerprint density at radius 1 is 0.926 bits per heavy atom. The SMILES string of the molecule is Cc1nn(-c2ccccc2)c(=O)c(-c2ccccc2)c1C(=O)N1CCCC1. The van der Waals surface area contributed by atoms with Crippen molar-refractivity contribution in [1.82, 2.24) is 14.7 Å². The Morgan fingerprint density at radius 3 is 2.15 bits per heavy atom. The standard InChI is InChI=1S/C22H21N3O2/c1-16-19(21(26)24-14-8-9-15-24)20(17-10-4-2-5-11-17)22(27)25(23-16)18-12-6-3-7-13-18/h2-7,10-13H,8-9,14-15H2,1H3. The predicted octanol–water partition coefficient (Wildman–Crippen LogP) is 3.44. The van der Waals surface area contributed by atoms with Gasteiger partial charge in [0.2, 0.25) is 0 Å². The van der Waals surface area contributed by atoms with Gasteiger partial charge in [-0.05, 0) is 37.5 Å². The summed E-state index contributed by atoms with van der Waals surface area (Å²) in [7, 11) is 0. The first-order chi connectivity index (χ1) is 13.2. The number of rotatable bonds is 3. The number of benzene rings is 2. The molecule has 1 amide bonds. The molecule has 4 rings (SSSR count). The lowest BCUT2D eigenvalue weighted by Crippen LogP contribution is -2.33. The highest BCUT2D eigenvalue weighted by Crippen LogP contribution is 2.25. The Hall–Kier alpha value is -3.21. The molecule has 1 saturated heterocycles. The van der Waals surface area contributed by atoms with E-state index in [1.54, 1.807) is 6.92 Å². The number of carbonyl (C=O) groups is 1. The monoisotopic (exact) mass is 359 g/mol. The molecule has 0 spiro atoms. The third-order valence-electron chi connectivity index (χ3n) is 4.94. The van der Waals surface area contributed by atoms with Gasteiger partial charge in [-0.15, -0.1) is 0 Å². The van der Waals surface area contributed by atoms with E-state index in [9.17, 15) is 9.59 Å². The highest BCUT2D eigenvalue weighted by molar-refractivity contribution is 6.01. The van der Waals surface area contributed by atoms with Gasteiger partial charge in [0.15, 0.2) is 0 Å². The van der Waals surface area contributed by atoms with Crippen molar-refractivity contribution in [3.8, 4) is 16.8 Å². The summed E-state index contributed by atoms with van der Waals surface area (Å²) in [5.41, 5.74) is 2.54. The van der Waals surface area contributed by atoms with E-state index in [1.807, 2.05) is 65.6 Å². The second-order valence-corrected chi connectivity index (χ2v) is 6.75. The summed E-state index contributed by atoms with van der Waals surface area (Å²) in [6.07, 6.45) is 2.00. The topological polar surface area (TPSA) is 55.2 Å². The lowest BCUT2D eigenvalue weighted by molar-refractivity contribution is 0.0792. The van der Waals surface area contributed by atoms with Crippen molar-refractivity contribution in [3.05, 3.63) is 82.3 Å². The van der Waals surface area contributed by atoms with Gasteiger partial charge in [0, 0.05) is 13.1 Å². The minimum absolute atomic E-state index is 0.103. The minimum Gasteiger partial charge on any atom is -0.339 e. The number of amides is 1. The van der Waals surface area contributed by atoms with Crippen molar-refractivity contribution in [2.24, 2.45) is 0 Å². The number of hydrogen-bond donors (Lipinski definition) is 0. The number of nitrogens with zero attached hydrogens (tertiary/aromatic N) is 3. The first-order valence-corrected chi connectivity index (χ1v) is 9.21. The van der Waals surface area contributed by atoms with Gasteiger partial charge in [-0.2, -0.15) is 9.78 Å². The Labute approximate surface area is 157 Å². The Bertz CT molecular complexity index is 1020. The van der Waals surface area contributed by atoms with E-state index in [1.165, 1.54) is 4.68 Å². The van der Waals surface area contributed by atoms with E-state index in [-0.39, 0.29) is 11.5 Å². The van der Waals surface area contributed by atoms with Crippen LogP contribution in [0.3, 0.4) is 0 Å². The summed E-state index contributed by atoms with van der Waals surface area (Å²) in [5, 5.41) is 4.48. The van der Waals surface area contributed by atoms with Crippen molar-refractivity contribution >= 4 is 5.91 Å².